The molecule has 1 aliphatic rings. The van der Waals surface area contributed by atoms with E-state index in [0.717, 1.165) is 30.7 Å². The van der Waals surface area contributed by atoms with Crippen LogP contribution in [0.25, 0.3) is 5.69 Å². The van der Waals surface area contributed by atoms with Gasteiger partial charge in [0.2, 0.25) is 0 Å². The average Bonchev–Trinajstić information content (AvgIpc) is 3.36. The minimum absolute atomic E-state index is 0.0994. The first-order chi connectivity index (χ1) is 14.9. The van der Waals surface area contributed by atoms with Gasteiger partial charge in [-0.2, -0.15) is 5.10 Å². The number of carbonyl (C=O) groups is 2. The maximum atomic E-state index is 14.5. The van der Waals surface area contributed by atoms with E-state index in [1.54, 1.807) is 23.4 Å². The molecule has 8 heteroatoms. The van der Waals surface area contributed by atoms with Crippen LogP contribution in [0.3, 0.4) is 0 Å². The Kier molecular flexibility index (Phi) is 5.54. The van der Waals surface area contributed by atoms with Crippen molar-refractivity contribution in [3.05, 3.63) is 71.1 Å². The summed E-state index contributed by atoms with van der Waals surface area (Å²) in [6.45, 7) is 4.50. The first kappa shape index (κ1) is 20.7. The first-order valence-corrected chi connectivity index (χ1v) is 10.1. The van der Waals surface area contributed by atoms with Gasteiger partial charge in [-0.25, -0.2) is 13.5 Å². The number of Topliss-reactive ketones (excluding diaryl/α,β-unsaturated/α-hetero) is 1. The summed E-state index contributed by atoms with van der Waals surface area (Å²) in [5, 5.41) is 6.68. The van der Waals surface area contributed by atoms with Gasteiger partial charge in [0, 0.05) is 18.8 Å². The molecular weight excluding hydrogens is 402 g/mol. The number of hydrogen-bond donors (Lipinski definition) is 1. The zero-order valence-corrected chi connectivity index (χ0v) is 17.3. The Morgan fingerprint density at radius 3 is 2.23 bits per heavy atom. The summed E-state index contributed by atoms with van der Waals surface area (Å²) < 4.78 is 30.6. The second kappa shape index (κ2) is 8.29. The predicted octanol–water partition coefficient (Wildman–Crippen LogP) is 4.19. The van der Waals surface area contributed by atoms with Gasteiger partial charge in [0.15, 0.2) is 11.6 Å². The Labute approximate surface area is 178 Å². The number of aromatic nitrogens is 2. The van der Waals surface area contributed by atoms with Gasteiger partial charge in [0.05, 0.1) is 22.6 Å². The minimum Gasteiger partial charge on any atom is -0.367 e. The number of ketones is 1. The molecule has 0 unspecified atom stereocenters. The van der Waals surface area contributed by atoms with Crippen LogP contribution in [0.4, 0.5) is 20.2 Å². The number of nitrogens with zero attached hydrogens (tertiary/aromatic N) is 3. The smallest absolute Gasteiger partial charge is 0.296 e. The molecule has 1 amide bonds. The summed E-state index contributed by atoms with van der Waals surface area (Å²) in [5.74, 6) is -3.34. The molecule has 1 N–H and O–H groups in total. The summed E-state index contributed by atoms with van der Waals surface area (Å²) >= 11 is 0. The number of para-hydroxylation sites is 1. The molecule has 1 aliphatic heterocycles. The highest BCUT2D eigenvalue weighted by molar-refractivity contribution is 6.47. The molecule has 1 saturated heterocycles. The zero-order valence-electron chi connectivity index (χ0n) is 17.3. The standard InChI is InChI=1S/C23H22F2N4O2/c1-14-20(15(2)29(27-14)17-8-4-3-5-9-17)22(30)23(31)26-16-12-18(24)21(19(25)13-16)28-10-6-7-11-28/h3-5,8-9,12-13H,6-7,10-11H2,1-2H3,(H,26,31). The lowest BCUT2D eigenvalue weighted by atomic mass is 10.1. The van der Waals surface area contributed by atoms with E-state index in [9.17, 15) is 18.4 Å². The molecule has 0 atom stereocenters. The van der Waals surface area contributed by atoms with Crippen molar-refractivity contribution in [2.24, 2.45) is 0 Å². The molecule has 0 saturated carbocycles. The summed E-state index contributed by atoms with van der Waals surface area (Å²) in [5.41, 5.74) is 1.61. The molecule has 2 heterocycles. The lowest BCUT2D eigenvalue weighted by molar-refractivity contribution is -0.112. The third-order valence-electron chi connectivity index (χ3n) is 5.42. The molecule has 0 spiro atoms. The summed E-state index contributed by atoms with van der Waals surface area (Å²) in [6.07, 6.45) is 1.75. The quantitative estimate of drug-likeness (QED) is 0.493. The summed E-state index contributed by atoms with van der Waals surface area (Å²) in [6, 6.07) is 11.3. The fraction of sp³-hybridized carbons (Fsp3) is 0.261. The average molecular weight is 424 g/mol. The largest absolute Gasteiger partial charge is 0.367 e. The number of nitrogens with one attached hydrogen (secondary N) is 1. The van der Waals surface area contributed by atoms with Crippen molar-refractivity contribution in [2.45, 2.75) is 26.7 Å². The van der Waals surface area contributed by atoms with Crippen LogP contribution in [0.1, 0.15) is 34.6 Å². The van der Waals surface area contributed by atoms with Gasteiger partial charge in [-0.1, -0.05) is 18.2 Å². The van der Waals surface area contributed by atoms with E-state index in [1.165, 1.54) is 0 Å². The molecule has 0 bridgehead atoms. The van der Waals surface area contributed by atoms with Gasteiger partial charge < -0.3 is 10.2 Å². The molecule has 1 aromatic heterocycles. The number of halogens is 2. The van der Waals surface area contributed by atoms with Crippen LogP contribution in [0, 0.1) is 25.5 Å². The van der Waals surface area contributed by atoms with E-state index in [-0.39, 0.29) is 16.9 Å². The normalized spacial score (nSPS) is 13.5. The number of amides is 1. The fourth-order valence-electron chi connectivity index (χ4n) is 3.97. The first-order valence-electron chi connectivity index (χ1n) is 10.1. The molecule has 4 rings (SSSR count). The Morgan fingerprint density at radius 1 is 1.00 bits per heavy atom. The SMILES string of the molecule is Cc1nn(-c2ccccc2)c(C)c1C(=O)C(=O)Nc1cc(F)c(N2CCCC2)c(F)c1. The Balaban J connectivity index is 1.57. The van der Waals surface area contributed by atoms with E-state index in [2.05, 4.69) is 10.4 Å². The van der Waals surface area contributed by atoms with Crippen molar-refractivity contribution in [1.82, 2.24) is 9.78 Å². The van der Waals surface area contributed by atoms with Crippen molar-refractivity contribution >= 4 is 23.1 Å². The van der Waals surface area contributed by atoms with Gasteiger partial charge >= 0.3 is 0 Å². The van der Waals surface area contributed by atoms with Crippen molar-refractivity contribution in [2.75, 3.05) is 23.3 Å². The van der Waals surface area contributed by atoms with Crippen molar-refractivity contribution < 1.29 is 18.4 Å². The molecular formula is C23H22F2N4O2. The predicted molar refractivity (Wildman–Crippen MR) is 114 cm³/mol. The lowest BCUT2D eigenvalue weighted by Gasteiger charge is -2.19. The van der Waals surface area contributed by atoms with Crippen molar-refractivity contribution in [3.8, 4) is 5.69 Å². The highest BCUT2D eigenvalue weighted by atomic mass is 19.1. The molecule has 6 nitrogen and oxygen atoms in total. The van der Waals surface area contributed by atoms with Crippen LogP contribution in [0.5, 0.6) is 0 Å². The van der Waals surface area contributed by atoms with E-state index >= 15 is 0 Å². The number of benzene rings is 2. The fourth-order valence-corrected chi connectivity index (χ4v) is 3.97. The molecule has 2 aromatic carbocycles. The zero-order chi connectivity index (χ0) is 22.1. The summed E-state index contributed by atoms with van der Waals surface area (Å²) in [4.78, 5) is 27.0. The number of anilines is 2. The molecule has 1 fully saturated rings. The molecule has 160 valence electrons. The van der Waals surface area contributed by atoms with Gasteiger partial charge in [-0.05, 0) is 51.0 Å². The van der Waals surface area contributed by atoms with Gasteiger partial charge in [-0.3, -0.25) is 9.59 Å². The highest BCUT2D eigenvalue weighted by Gasteiger charge is 2.26. The van der Waals surface area contributed by atoms with Crippen LogP contribution in [0.15, 0.2) is 42.5 Å². The number of rotatable bonds is 5. The second-order valence-corrected chi connectivity index (χ2v) is 7.56. The monoisotopic (exact) mass is 424 g/mol. The van der Waals surface area contributed by atoms with E-state index in [1.807, 2.05) is 30.3 Å². The van der Waals surface area contributed by atoms with Crippen molar-refractivity contribution in [3.63, 3.8) is 0 Å². The number of carbonyl (C=O) groups excluding carboxylic acids is 2. The van der Waals surface area contributed by atoms with E-state index < -0.39 is 23.3 Å². The summed E-state index contributed by atoms with van der Waals surface area (Å²) in [7, 11) is 0. The van der Waals surface area contributed by atoms with Gasteiger partial charge in [0.1, 0.15) is 5.69 Å². The Bertz CT molecular complexity index is 1130. The van der Waals surface area contributed by atoms with E-state index in [4.69, 9.17) is 0 Å². The molecule has 0 radical (unpaired) electrons. The maximum absolute atomic E-state index is 14.5. The minimum atomic E-state index is -0.980. The third kappa shape index (κ3) is 3.93. The molecule has 0 aliphatic carbocycles. The number of hydrogen-bond acceptors (Lipinski definition) is 4. The third-order valence-corrected chi connectivity index (χ3v) is 5.42. The van der Waals surface area contributed by atoms with Crippen LogP contribution < -0.4 is 10.2 Å². The number of aryl methyl sites for hydroxylation is 1. The molecule has 3 aromatic rings. The molecule has 31 heavy (non-hydrogen) atoms. The van der Waals surface area contributed by atoms with Crippen LogP contribution in [0.2, 0.25) is 0 Å². The maximum Gasteiger partial charge on any atom is 0.296 e. The van der Waals surface area contributed by atoms with Crippen LogP contribution in [-0.4, -0.2) is 34.6 Å². The Morgan fingerprint density at radius 2 is 1.61 bits per heavy atom. The van der Waals surface area contributed by atoms with Crippen LogP contribution in [-0.2, 0) is 4.79 Å². The van der Waals surface area contributed by atoms with Gasteiger partial charge in [-0.15, -0.1) is 0 Å². The van der Waals surface area contributed by atoms with Gasteiger partial charge in [0.25, 0.3) is 11.7 Å². The second-order valence-electron chi connectivity index (χ2n) is 7.56. The van der Waals surface area contributed by atoms with Crippen molar-refractivity contribution in [1.29, 1.82) is 0 Å². The highest BCUT2D eigenvalue weighted by Crippen LogP contribution is 2.30. The van der Waals surface area contributed by atoms with Crippen LogP contribution >= 0.6 is 0 Å². The topological polar surface area (TPSA) is 67.2 Å². The lowest BCUT2D eigenvalue weighted by Crippen LogP contribution is -2.25. The Hall–Kier alpha value is -3.55. The van der Waals surface area contributed by atoms with E-state index in [0.29, 0.717) is 24.5 Å².